The molecule has 0 unspecified atom stereocenters. The number of pyridine rings is 1. The SMILES string of the molecule is CCNc1ccc(C(=O)Nc2cccc(C(C)C)c2)nc1. The van der Waals surface area contributed by atoms with Gasteiger partial charge in [-0.25, -0.2) is 4.98 Å². The van der Waals surface area contributed by atoms with Gasteiger partial charge in [0.2, 0.25) is 0 Å². The molecule has 0 radical (unpaired) electrons. The third kappa shape index (κ3) is 4.05. The fourth-order valence-electron chi connectivity index (χ4n) is 2.01. The van der Waals surface area contributed by atoms with Crippen LogP contribution in [0.3, 0.4) is 0 Å². The average Bonchev–Trinajstić information content (AvgIpc) is 2.48. The van der Waals surface area contributed by atoms with Crippen molar-refractivity contribution in [3.8, 4) is 0 Å². The lowest BCUT2D eigenvalue weighted by molar-refractivity contribution is 0.102. The van der Waals surface area contributed by atoms with Gasteiger partial charge >= 0.3 is 0 Å². The van der Waals surface area contributed by atoms with E-state index in [1.54, 1.807) is 12.3 Å². The molecule has 1 aromatic carbocycles. The summed E-state index contributed by atoms with van der Waals surface area (Å²) in [6.07, 6.45) is 1.67. The van der Waals surface area contributed by atoms with Crippen LogP contribution in [-0.2, 0) is 0 Å². The number of anilines is 2. The van der Waals surface area contributed by atoms with E-state index in [0.29, 0.717) is 11.6 Å². The van der Waals surface area contributed by atoms with Crippen molar-refractivity contribution < 1.29 is 4.79 Å². The second kappa shape index (κ2) is 6.88. The number of nitrogens with one attached hydrogen (secondary N) is 2. The molecular formula is C17H21N3O. The zero-order valence-corrected chi connectivity index (χ0v) is 12.7. The summed E-state index contributed by atoms with van der Waals surface area (Å²) in [5.41, 5.74) is 3.31. The van der Waals surface area contributed by atoms with Gasteiger partial charge in [-0.3, -0.25) is 4.79 Å². The number of benzene rings is 1. The Morgan fingerprint density at radius 1 is 1.19 bits per heavy atom. The summed E-state index contributed by atoms with van der Waals surface area (Å²) >= 11 is 0. The Bertz CT molecular complexity index is 606. The molecule has 0 aliphatic carbocycles. The van der Waals surface area contributed by atoms with Gasteiger partial charge in [0, 0.05) is 12.2 Å². The van der Waals surface area contributed by atoms with Crippen LogP contribution in [-0.4, -0.2) is 17.4 Å². The summed E-state index contributed by atoms with van der Waals surface area (Å²) in [7, 11) is 0. The maximum absolute atomic E-state index is 12.2. The molecular weight excluding hydrogens is 262 g/mol. The maximum Gasteiger partial charge on any atom is 0.274 e. The van der Waals surface area contributed by atoms with E-state index in [4.69, 9.17) is 0 Å². The minimum absolute atomic E-state index is 0.195. The number of carbonyl (C=O) groups is 1. The Labute approximate surface area is 125 Å². The number of hydrogen-bond donors (Lipinski definition) is 2. The summed E-state index contributed by atoms with van der Waals surface area (Å²) < 4.78 is 0. The van der Waals surface area contributed by atoms with Crippen LogP contribution in [0, 0.1) is 0 Å². The van der Waals surface area contributed by atoms with Crippen LogP contribution in [0.1, 0.15) is 42.7 Å². The van der Waals surface area contributed by atoms with E-state index >= 15 is 0 Å². The molecule has 0 spiro atoms. The molecule has 1 aromatic heterocycles. The van der Waals surface area contributed by atoms with Crippen molar-refractivity contribution in [3.63, 3.8) is 0 Å². The molecule has 0 atom stereocenters. The molecule has 2 N–H and O–H groups in total. The highest BCUT2D eigenvalue weighted by molar-refractivity contribution is 6.02. The number of rotatable bonds is 5. The Hall–Kier alpha value is -2.36. The van der Waals surface area contributed by atoms with Crippen molar-refractivity contribution in [1.82, 2.24) is 4.98 Å². The first-order valence-electron chi connectivity index (χ1n) is 7.21. The lowest BCUT2D eigenvalue weighted by atomic mass is 10.0. The predicted octanol–water partition coefficient (Wildman–Crippen LogP) is 3.89. The molecule has 110 valence electrons. The molecule has 4 heteroatoms. The Balaban J connectivity index is 2.08. The fraction of sp³-hybridized carbons (Fsp3) is 0.294. The molecule has 21 heavy (non-hydrogen) atoms. The number of amides is 1. The average molecular weight is 283 g/mol. The van der Waals surface area contributed by atoms with Crippen LogP contribution in [0.5, 0.6) is 0 Å². The summed E-state index contributed by atoms with van der Waals surface area (Å²) in [5, 5.41) is 6.03. The number of nitrogens with zero attached hydrogens (tertiary/aromatic N) is 1. The molecule has 1 amide bonds. The third-order valence-electron chi connectivity index (χ3n) is 3.19. The van der Waals surface area contributed by atoms with Gasteiger partial charge in [-0.05, 0) is 42.7 Å². The maximum atomic E-state index is 12.2. The van der Waals surface area contributed by atoms with E-state index in [1.807, 2.05) is 31.2 Å². The standard InChI is InChI=1S/C17H21N3O/c1-4-18-15-8-9-16(19-11-15)17(21)20-14-7-5-6-13(10-14)12(2)3/h5-12,18H,4H2,1-3H3,(H,20,21). The van der Waals surface area contributed by atoms with Gasteiger partial charge in [0.05, 0.1) is 11.9 Å². The van der Waals surface area contributed by atoms with Crippen LogP contribution >= 0.6 is 0 Å². The van der Waals surface area contributed by atoms with E-state index in [9.17, 15) is 4.79 Å². The number of aromatic nitrogens is 1. The highest BCUT2D eigenvalue weighted by Gasteiger charge is 2.08. The van der Waals surface area contributed by atoms with E-state index in [0.717, 1.165) is 17.9 Å². The highest BCUT2D eigenvalue weighted by Crippen LogP contribution is 2.19. The first kappa shape index (κ1) is 15.0. The summed E-state index contributed by atoms with van der Waals surface area (Å²) in [6, 6.07) is 11.5. The molecule has 0 fully saturated rings. The largest absolute Gasteiger partial charge is 0.384 e. The Morgan fingerprint density at radius 2 is 2.00 bits per heavy atom. The van der Waals surface area contributed by atoms with Gasteiger partial charge in [-0.15, -0.1) is 0 Å². The zero-order valence-electron chi connectivity index (χ0n) is 12.7. The van der Waals surface area contributed by atoms with Crippen LogP contribution in [0.2, 0.25) is 0 Å². The molecule has 1 heterocycles. The van der Waals surface area contributed by atoms with Crippen molar-refractivity contribution in [2.45, 2.75) is 26.7 Å². The van der Waals surface area contributed by atoms with Crippen LogP contribution < -0.4 is 10.6 Å². The first-order chi connectivity index (χ1) is 10.1. The molecule has 2 aromatic rings. The predicted molar refractivity (Wildman–Crippen MR) is 86.9 cm³/mol. The molecule has 0 aliphatic heterocycles. The van der Waals surface area contributed by atoms with Gasteiger partial charge in [0.1, 0.15) is 5.69 Å². The van der Waals surface area contributed by atoms with Crippen LogP contribution in [0.4, 0.5) is 11.4 Å². The molecule has 0 bridgehead atoms. The van der Waals surface area contributed by atoms with Gasteiger partial charge in [-0.1, -0.05) is 26.0 Å². The quantitative estimate of drug-likeness (QED) is 0.875. The van der Waals surface area contributed by atoms with Crippen molar-refractivity contribution in [1.29, 1.82) is 0 Å². The van der Waals surface area contributed by atoms with Gasteiger partial charge in [0.25, 0.3) is 5.91 Å². The van der Waals surface area contributed by atoms with Crippen molar-refractivity contribution >= 4 is 17.3 Å². The highest BCUT2D eigenvalue weighted by atomic mass is 16.1. The lowest BCUT2D eigenvalue weighted by Crippen LogP contribution is -2.14. The van der Waals surface area contributed by atoms with Gasteiger partial charge in [-0.2, -0.15) is 0 Å². The Morgan fingerprint density at radius 3 is 2.62 bits per heavy atom. The van der Waals surface area contributed by atoms with Crippen LogP contribution in [0.25, 0.3) is 0 Å². The normalized spacial score (nSPS) is 10.5. The van der Waals surface area contributed by atoms with Crippen molar-refractivity contribution in [2.75, 3.05) is 17.2 Å². The second-order valence-corrected chi connectivity index (χ2v) is 5.20. The van der Waals surface area contributed by atoms with Crippen molar-refractivity contribution in [3.05, 3.63) is 53.9 Å². The van der Waals surface area contributed by atoms with Gasteiger partial charge in [0.15, 0.2) is 0 Å². The number of hydrogen-bond acceptors (Lipinski definition) is 3. The van der Waals surface area contributed by atoms with E-state index in [1.165, 1.54) is 5.56 Å². The summed E-state index contributed by atoms with van der Waals surface area (Å²) in [6.45, 7) is 7.10. The summed E-state index contributed by atoms with van der Waals surface area (Å²) in [4.78, 5) is 16.3. The first-order valence-corrected chi connectivity index (χ1v) is 7.21. The third-order valence-corrected chi connectivity index (χ3v) is 3.19. The van der Waals surface area contributed by atoms with Crippen LogP contribution in [0.15, 0.2) is 42.6 Å². The van der Waals surface area contributed by atoms with E-state index < -0.39 is 0 Å². The molecule has 0 aliphatic rings. The minimum Gasteiger partial charge on any atom is -0.384 e. The smallest absolute Gasteiger partial charge is 0.274 e. The fourth-order valence-corrected chi connectivity index (χ4v) is 2.01. The molecule has 0 saturated heterocycles. The number of carbonyl (C=O) groups excluding carboxylic acids is 1. The minimum atomic E-state index is -0.195. The zero-order chi connectivity index (χ0) is 15.2. The van der Waals surface area contributed by atoms with Gasteiger partial charge < -0.3 is 10.6 Å². The van der Waals surface area contributed by atoms with E-state index in [2.05, 4.69) is 35.5 Å². The topological polar surface area (TPSA) is 54.0 Å². The molecule has 4 nitrogen and oxygen atoms in total. The second-order valence-electron chi connectivity index (χ2n) is 5.20. The summed E-state index contributed by atoms with van der Waals surface area (Å²) in [5.74, 6) is 0.235. The molecule has 2 rings (SSSR count). The van der Waals surface area contributed by atoms with E-state index in [-0.39, 0.29) is 5.91 Å². The lowest BCUT2D eigenvalue weighted by Gasteiger charge is -2.09. The molecule has 0 saturated carbocycles. The van der Waals surface area contributed by atoms with Crippen molar-refractivity contribution in [2.24, 2.45) is 0 Å². The Kier molecular flexibility index (Phi) is 4.93. The monoisotopic (exact) mass is 283 g/mol.